The molecule has 138 valence electrons. The number of aromatic nitrogens is 1. The highest BCUT2D eigenvalue weighted by atomic mass is 16.5. The number of ether oxygens (including phenoxy) is 1. The van der Waals surface area contributed by atoms with Gasteiger partial charge < -0.3 is 20.3 Å². The summed E-state index contributed by atoms with van der Waals surface area (Å²) in [7, 11) is 0. The van der Waals surface area contributed by atoms with Crippen molar-refractivity contribution in [2.24, 2.45) is 0 Å². The maximum atomic E-state index is 12.2. The Morgan fingerprint density at radius 2 is 1.81 bits per heavy atom. The van der Waals surface area contributed by atoms with Gasteiger partial charge in [0.15, 0.2) is 11.4 Å². The van der Waals surface area contributed by atoms with Crippen LogP contribution in [0.2, 0.25) is 0 Å². The predicted octanol–water partition coefficient (Wildman–Crippen LogP) is 3.25. The molecule has 2 aromatic carbocycles. The van der Waals surface area contributed by atoms with E-state index in [0.29, 0.717) is 28.0 Å². The molecule has 3 rings (SSSR count). The van der Waals surface area contributed by atoms with Crippen molar-refractivity contribution in [1.82, 2.24) is 10.3 Å². The van der Waals surface area contributed by atoms with Crippen LogP contribution in [0.15, 0.2) is 48.5 Å². The summed E-state index contributed by atoms with van der Waals surface area (Å²) < 4.78 is 5.79. The lowest BCUT2D eigenvalue weighted by atomic mass is 10.1. The normalized spacial score (nSPS) is 10.6. The highest BCUT2D eigenvalue weighted by Gasteiger charge is 2.18. The second kappa shape index (κ2) is 7.74. The zero-order chi connectivity index (χ0) is 19.4. The minimum atomic E-state index is -1.02. The van der Waals surface area contributed by atoms with E-state index in [1.807, 2.05) is 30.3 Å². The number of hydrogen-bond donors (Lipinski definition) is 3. The summed E-state index contributed by atoms with van der Waals surface area (Å²) in [5.74, 6) is -0.635. The lowest BCUT2D eigenvalue weighted by molar-refractivity contribution is -0.136. The van der Waals surface area contributed by atoms with Crippen LogP contribution in [0.1, 0.15) is 22.6 Å². The molecule has 0 aliphatic rings. The summed E-state index contributed by atoms with van der Waals surface area (Å²) in [5, 5.41) is 22.7. The summed E-state index contributed by atoms with van der Waals surface area (Å²) in [6.07, 6.45) is -0.209. The van der Waals surface area contributed by atoms with Crippen LogP contribution in [-0.4, -0.2) is 33.6 Å². The van der Waals surface area contributed by atoms with Crippen LogP contribution in [-0.2, 0) is 4.79 Å². The molecule has 1 heterocycles. The number of pyridine rings is 1. The highest BCUT2D eigenvalue weighted by Crippen LogP contribution is 2.33. The molecule has 0 aliphatic heterocycles. The maximum absolute atomic E-state index is 12.2. The Bertz CT molecular complexity index is 1000. The number of fused-ring (bicyclic) bond motifs is 1. The fourth-order valence-electron chi connectivity index (χ4n) is 2.65. The number of nitrogens with zero attached hydrogens (tertiary/aromatic N) is 1. The SMILES string of the molecule is Cc1nc(C(=O)NCCC(=O)O)c(O)c2ccc(Oc3ccccc3)cc12. The van der Waals surface area contributed by atoms with Crippen molar-refractivity contribution in [1.29, 1.82) is 0 Å². The molecule has 0 atom stereocenters. The van der Waals surface area contributed by atoms with Gasteiger partial charge >= 0.3 is 5.97 Å². The third-order valence-corrected chi connectivity index (χ3v) is 3.96. The minimum Gasteiger partial charge on any atom is -0.505 e. The van der Waals surface area contributed by atoms with Crippen LogP contribution in [0.25, 0.3) is 10.8 Å². The van der Waals surface area contributed by atoms with Crippen molar-refractivity contribution in [3.05, 3.63) is 59.9 Å². The number of rotatable bonds is 6. The summed E-state index contributed by atoms with van der Waals surface area (Å²) in [4.78, 5) is 26.9. The quantitative estimate of drug-likeness (QED) is 0.618. The van der Waals surface area contributed by atoms with Gasteiger partial charge in [-0.3, -0.25) is 9.59 Å². The Labute approximate surface area is 155 Å². The van der Waals surface area contributed by atoms with E-state index in [-0.39, 0.29) is 24.4 Å². The third-order valence-electron chi connectivity index (χ3n) is 3.96. The molecule has 0 saturated carbocycles. The van der Waals surface area contributed by atoms with E-state index in [1.165, 1.54) is 0 Å². The second-order valence-corrected chi connectivity index (χ2v) is 5.92. The Morgan fingerprint density at radius 1 is 1.07 bits per heavy atom. The first-order valence-electron chi connectivity index (χ1n) is 8.32. The maximum Gasteiger partial charge on any atom is 0.305 e. The van der Waals surface area contributed by atoms with E-state index in [4.69, 9.17) is 9.84 Å². The number of para-hydroxylation sites is 1. The number of amides is 1. The number of aryl methyl sites for hydroxylation is 1. The van der Waals surface area contributed by atoms with Gasteiger partial charge in [-0.2, -0.15) is 0 Å². The average molecular weight is 366 g/mol. The molecule has 0 unspecified atom stereocenters. The van der Waals surface area contributed by atoms with Crippen molar-refractivity contribution < 1.29 is 24.5 Å². The molecule has 7 heteroatoms. The van der Waals surface area contributed by atoms with Gasteiger partial charge in [0.2, 0.25) is 0 Å². The van der Waals surface area contributed by atoms with Crippen LogP contribution >= 0.6 is 0 Å². The van der Waals surface area contributed by atoms with Crippen molar-refractivity contribution >= 4 is 22.6 Å². The fraction of sp³-hybridized carbons (Fsp3) is 0.150. The number of carbonyl (C=O) groups excluding carboxylic acids is 1. The van der Waals surface area contributed by atoms with Gasteiger partial charge in [-0.25, -0.2) is 4.98 Å². The van der Waals surface area contributed by atoms with Gasteiger partial charge in [0.1, 0.15) is 11.5 Å². The molecule has 0 radical (unpaired) electrons. The zero-order valence-corrected chi connectivity index (χ0v) is 14.6. The van der Waals surface area contributed by atoms with E-state index < -0.39 is 11.9 Å². The number of hydrogen-bond acceptors (Lipinski definition) is 5. The standard InChI is InChI=1S/C20H18N2O5/c1-12-16-11-14(27-13-5-3-2-4-6-13)7-8-15(16)19(25)18(22-12)20(26)21-10-9-17(23)24/h2-8,11,25H,9-10H2,1H3,(H,21,26)(H,23,24). The van der Waals surface area contributed by atoms with Crippen LogP contribution in [0.5, 0.6) is 17.2 Å². The Kier molecular flexibility index (Phi) is 5.21. The Morgan fingerprint density at radius 3 is 2.52 bits per heavy atom. The van der Waals surface area contributed by atoms with Crippen molar-refractivity contribution in [2.45, 2.75) is 13.3 Å². The second-order valence-electron chi connectivity index (χ2n) is 5.92. The number of carboxylic acids is 1. The summed E-state index contributed by atoms with van der Waals surface area (Å²) in [6, 6.07) is 14.4. The van der Waals surface area contributed by atoms with Crippen LogP contribution in [0.4, 0.5) is 0 Å². The number of carbonyl (C=O) groups is 2. The Hall–Kier alpha value is -3.61. The van der Waals surface area contributed by atoms with E-state index in [0.717, 1.165) is 0 Å². The van der Waals surface area contributed by atoms with Gasteiger partial charge in [-0.05, 0) is 37.3 Å². The Balaban J connectivity index is 1.89. The molecule has 1 aromatic heterocycles. The summed E-state index contributed by atoms with van der Waals surface area (Å²) >= 11 is 0. The molecule has 0 spiro atoms. The number of aliphatic carboxylic acids is 1. The molecule has 0 aliphatic carbocycles. The van der Waals surface area contributed by atoms with Crippen LogP contribution in [0, 0.1) is 6.92 Å². The van der Waals surface area contributed by atoms with Gasteiger partial charge in [0.25, 0.3) is 5.91 Å². The first kappa shape index (κ1) is 18.2. The molecular formula is C20H18N2O5. The lowest BCUT2D eigenvalue weighted by Crippen LogP contribution is -2.27. The largest absolute Gasteiger partial charge is 0.505 e. The smallest absolute Gasteiger partial charge is 0.305 e. The van der Waals surface area contributed by atoms with Crippen LogP contribution < -0.4 is 10.1 Å². The molecule has 0 bridgehead atoms. The number of nitrogens with one attached hydrogen (secondary N) is 1. The van der Waals surface area contributed by atoms with Crippen molar-refractivity contribution in [2.75, 3.05) is 6.54 Å². The van der Waals surface area contributed by atoms with Gasteiger partial charge in [-0.15, -0.1) is 0 Å². The number of aromatic hydroxyl groups is 1. The van der Waals surface area contributed by atoms with Crippen LogP contribution in [0.3, 0.4) is 0 Å². The first-order chi connectivity index (χ1) is 13.0. The molecular weight excluding hydrogens is 348 g/mol. The number of benzene rings is 2. The van der Waals surface area contributed by atoms with Gasteiger partial charge in [-0.1, -0.05) is 18.2 Å². The number of carboxylic acid groups (broad SMARTS) is 1. The van der Waals surface area contributed by atoms with E-state index in [2.05, 4.69) is 10.3 Å². The molecule has 27 heavy (non-hydrogen) atoms. The van der Waals surface area contributed by atoms with Gasteiger partial charge in [0, 0.05) is 23.0 Å². The third kappa shape index (κ3) is 4.14. The monoisotopic (exact) mass is 366 g/mol. The summed E-state index contributed by atoms with van der Waals surface area (Å²) in [6.45, 7) is 1.68. The fourth-order valence-corrected chi connectivity index (χ4v) is 2.65. The minimum absolute atomic E-state index is 0.0454. The molecule has 0 saturated heterocycles. The molecule has 1 amide bonds. The molecule has 0 fully saturated rings. The first-order valence-corrected chi connectivity index (χ1v) is 8.32. The average Bonchev–Trinajstić information content (AvgIpc) is 2.65. The van der Waals surface area contributed by atoms with Crippen molar-refractivity contribution in [3.8, 4) is 17.2 Å². The van der Waals surface area contributed by atoms with Gasteiger partial charge in [0.05, 0.1) is 6.42 Å². The van der Waals surface area contributed by atoms with E-state index >= 15 is 0 Å². The van der Waals surface area contributed by atoms with Crippen molar-refractivity contribution in [3.63, 3.8) is 0 Å². The van der Waals surface area contributed by atoms with E-state index in [1.54, 1.807) is 25.1 Å². The zero-order valence-electron chi connectivity index (χ0n) is 14.6. The topological polar surface area (TPSA) is 109 Å². The molecule has 3 N–H and O–H groups in total. The van der Waals surface area contributed by atoms with E-state index in [9.17, 15) is 14.7 Å². The highest BCUT2D eigenvalue weighted by molar-refractivity contribution is 6.02. The molecule has 3 aromatic rings. The summed E-state index contributed by atoms with van der Waals surface area (Å²) in [5.41, 5.74) is 0.409. The predicted molar refractivity (Wildman–Crippen MR) is 99.2 cm³/mol. The molecule has 7 nitrogen and oxygen atoms in total. The lowest BCUT2D eigenvalue weighted by Gasteiger charge is -2.12.